The molecule has 0 radical (unpaired) electrons. The molecule has 2 N–H and O–H groups in total. The second-order valence-electron chi connectivity index (χ2n) is 5.90. The first-order valence-corrected chi connectivity index (χ1v) is 8.24. The zero-order valence-electron chi connectivity index (χ0n) is 13.9. The number of nitrogen functional groups attached to an aromatic ring is 1. The van der Waals surface area contributed by atoms with Gasteiger partial charge in [-0.1, -0.05) is 18.2 Å². The molecule has 1 heterocycles. The third-order valence-electron chi connectivity index (χ3n) is 4.23. The first-order chi connectivity index (χ1) is 12.1. The molecule has 0 saturated carbocycles. The number of ether oxygens (including phenoxy) is 1. The Morgan fingerprint density at radius 1 is 0.920 bits per heavy atom. The van der Waals surface area contributed by atoms with Crippen LogP contribution in [0.15, 0.2) is 54.6 Å². The molecule has 0 aromatic heterocycles. The summed E-state index contributed by atoms with van der Waals surface area (Å²) in [5, 5.41) is 0. The number of nitrogens with zero attached hydrogens (tertiary/aromatic N) is 2. The Hall–Kier alpha value is -3.02. The molecule has 0 aliphatic carbocycles. The zero-order valence-corrected chi connectivity index (χ0v) is 13.9. The molecule has 0 atom stereocenters. The minimum absolute atomic E-state index is 0.170. The lowest BCUT2D eigenvalue weighted by atomic mass is 10.2. The first kappa shape index (κ1) is 16.8. The topological polar surface area (TPSA) is 75.9 Å². The second kappa shape index (κ2) is 7.70. The summed E-state index contributed by atoms with van der Waals surface area (Å²) >= 11 is 0. The molecule has 6 nitrogen and oxygen atoms in total. The molecular formula is C19H21N3O3. The fourth-order valence-corrected chi connectivity index (χ4v) is 2.77. The van der Waals surface area contributed by atoms with E-state index in [1.807, 2.05) is 18.2 Å². The maximum absolute atomic E-state index is 12.2. The highest BCUT2D eigenvalue weighted by Gasteiger charge is 2.22. The van der Waals surface area contributed by atoms with Gasteiger partial charge >= 0.3 is 5.97 Å². The molecule has 1 saturated heterocycles. The number of rotatable bonds is 4. The van der Waals surface area contributed by atoms with Crippen LogP contribution in [0.5, 0.6) is 0 Å². The van der Waals surface area contributed by atoms with Crippen LogP contribution in [0.4, 0.5) is 11.4 Å². The van der Waals surface area contributed by atoms with Gasteiger partial charge in [0.1, 0.15) is 0 Å². The lowest BCUT2D eigenvalue weighted by molar-refractivity contribution is -0.134. The number of anilines is 2. The maximum atomic E-state index is 12.2. The van der Waals surface area contributed by atoms with Crippen molar-refractivity contribution in [2.45, 2.75) is 0 Å². The van der Waals surface area contributed by atoms with Crippen molar-refractivity contribution < 1.29 is 14.3 Å². The van der Waals surface area contributed by atoms with Gasteiger partial charge in [0.2, 0.25) is 0 Å². The van der Waals surface area contributed by atoms with E-state index < -0.39 is 5.97 Å². The fraction of sp³-hybridized carbons (Fsp3) is 0.263. The van der Waals surface area contributed by atoms with Gasteiger partial charge in [-0.25, -0.2) is 4.79 Å². The van der Waals surface area contributed by atoms with Gasteiger partial charge in [0.05, 0.1) is 5.56 Å². The Kier molecular flexibility index (Phi) is 5.18. The van der Waals surface area contributed by atoms with Gasteiger partial charge in [0.25, 0.3) is 5.91 Å². The van der Waals surface area contributed by atoms with Crippen molar-refractivity contribution >= 4 is 23.3 Å². The molecule has 1 aliphatic heterocycles. The van der Waals surface area contributed by atoms with E-state index in [2.05, 4.69) is 17.0 Å². The molecule has 6 heteroatoms. The van der Waals surface area contributed by atoms with E-state index in [-0.39, 0.29) is 12.5 Å². The normalized spacial score (nSPS) is 14.2. The molecule has 2 aromatic carbocycles. The van der Waals surface area contributed by atoms with Crippen LogP contribution < -0.4 is 10.6 Å². The van der Waals surface area contributed by atoms with Crippen molar-refractivity contribution in [1.82, 2.24) is 4.90 Å². The van der Waals surface area contributed by atoms with E-state index in [0.717, 1.165) is 18.8 Å². The van der Waals surface area contributed by atoms with E-state index in [1.54, 1.807) is 29.2 Å². The van der Waals surface area contributed by atoms with Gasteiger partial charge in [-0.15, -0.1) is 0 Å². The summed E-state index contributed by atoms with van der Waals surface area (Å²) in [6.07, 6.45) is 0. The summed E-state index contributed by atoms with van der Waals surface area (Å²) < 4.78 is 5.11. The summed E-state index contributed by atoms with van der Waals surface area (Å²) in [6.45, 7) is 2.53. The number of benzene rings is 2. The molecule has 2 aromatic rings. The lowest BCUT2D eigenvalue weighted by Crippen LogP contribution is -2.49. The number of piperazine rings is 1. The summed E-state index contributed by atoms with van der Waals surface area (Å²) in [5.74, 6) is -0.687. The van der Waals surface area contributed by atoms with Gasteiger partial charge < -0.3 is 20.3 Å². The van der Waals surface area contributed by atoms with Gasteiger partial charge in [-0.05, 0) is 36.4 Å². The molecule has 0 spiro atoms. The first-order valence-electron chi connectivity index (χ1n) is 8.24. The third-order valence-corrected chi connectivity index (χ3v) is 4.23. The molecule has 25 heavy (non-hydrogen) atoms. The van der Waals surface area contributed by atoms with Crippen LogP contribution in [0.2, 0.25) is 0 Å². The molecular weight excluding hydrogens is 318 g/mol. The van der Waals surface area contributed by atoms with Crippen LogP contribution >= 0.6 is 0 Å². The number of amides is 1. The molecule has 1 amide bonds. The van der Waals surface area contributed by atoms with Crippen LogP contribution in [0.25, 0.3) is 0 Å². The van der Waals surface area contributed by atoms with Gasteiger partial charge in [-0.3, -0.25) is 4.79 Å². The van der Waals surface area contributed by atoms with Crippen LogP contribution in [-0.4, -0.2) is 49.6 Å². The van der Waals surface area contributed by atoms with Crippen LogP contribution in [0.1, 0.15) is 10.4 Å². The number of esters is 1. The Morgan fingerprint density at radius 3 is 2.20 bits per heavy atom. The zero-order chi connectivity index (χ0) is 17.6. The predicted molar refractivity (Wildman–Crippen MR) is 96.4 cm³/mol. The van der Waals surface area contributed by atoms with Crippen molar-refractivity contribution in [3.8, 4) is 0 Å². The smallest absolute Gasteiger partial charge is 0.338 e. The molecule has 1 aliphatic rings. The third kappa shape index (κ3) is 4.29. The quantitative estimate of drug-likeness (QED) is 0.679. The van der Waals surface area contributed by atoms with Crippen LogP contribution in [0, 0.1) is 0 Å². The number of hydrogen-bond donors (Lipinski definition) is 1. The monoisotopic (exact) mass is 339 g/mol. The van der Waals surface area contributed by atoms with Crippen LogP contribution in [-0.2, 0) is 9.53 Å². The lowest BCUT2D eigenvalue weighted by Gasteiger charge is -2.36. The maximum Gasteiger partial charge on any atom is 0.338 e. The van der Waals surface area contributed by atoms with Crippen LogP contribution in [0.3, 0.4) is 0 Å². The van der Waals surface area contributed by atoms with Gasteiger partial charge in [0, 0.05) is 37.6 Å². The number of hydrogen-bond acceptors (Lipinski definition) is 5. The number of carbonyl (C=O) groups excluding carboxylic acids is 2. The number of nitrogens with two attached hydrogens (primary N) is 1. The highest BCUT2D eigenvalue weighted by atomic mass is 16.5. The minimum Gasteiger partial charge on any atom is -0.452 e. The van der Waals surface area contributed by atoms with Crippen molar-refractivity contribution in [2.24, 2.45) is 0 Å². The fourth-order valence-electron chi connectivity index (χ4n) is 2.77. The second-order valence-corrected chi connectivity index (χ2v) is 5.90. The standard InChI is InChI=1S/C19H21N3O3/c20-16-8-6-15(7-9-16)19(24)25-14-18(23)22-12-10-21(11-13-22)17-4-2-1-3-5-17/h1-9H,10-14,20H2. The van der Waals surface area contributed by atoms with Crippen molar-refractivity contribution in [1.29, 1.82) is 0 Å². The SMILES string of the molecule is Nc1ccc(C(=O)OCC(=O)N2CCN(c3ccccc3)CC2)cc1. The molecule has 3 rings (SSSR count). The van der Waals surface area contributed by atoms with E-state index in [9.17, 15) is 9.59 Å². The van der Waals surface area contributed by atoms with Crippen molar-refractivity contribution in [3.63, 3.8) is 0 Å². The average Bonchev–Trinajstić information content (AvgIpc) is 2.67. The number of para-hydroxylation sites is 1. The average molecular weight is 339 g/mol. The van der Waals surface area contributed by atoms with E-state index >= 15 is 0 Å². The van der Waals surface area contributed by atoms with E-state index in [0.29, 0.717) is 24.3 Å². The van der Waals surface area contributed by atoms with E-state index in [1.165, 1.54) is 0 Å². The summed E-state index contributed by atoms with van der Waals surface area (Å²) in [4.78, 5) is 28.2. The predicted octanol–water partition coefficient (Wildman–Crippen LogP) is 1.77. The minimum atomic E-state index is -0.517. The number of carbonyl (C=O) groups is 2. The molecule has 130 valence electrons. The summed E-state index contributed by atoms with van der Waals surface area (Å²) in [7, 11) is 0. The highest BCUT2D eigenvalue weighted by Crippen LogP contribution is 2.15. The van der Waals surface area contributed by atoms with Crippen molar-refractivity contribution in [2.75, 3.05) is 43.4 Å². The summed E-state index contributed by atoms with van der Waals surface area (Å²) in [5.41, 5.74) is 7.70. The van der Waals surface area contributed by atoms with Gasteiger partial charge in [-0.2, -0.15) is 0 Å². The molecule has 0 bridgehead atoms. The Labute approximate surface area is 146 Å². The van der Waals surface area contributed by atoms with E-state index in [4.69, 9.17) is 10.5 Å². The molecule has 0 unspecified atom stereocenters. The highest BCUT2D eigenvalue weighted by molar-refractivity contribution is 5.91. The molecule has 1 fully saturated rings. The Balaban J connectivity index is 1.46. The Bertz CT molecular complexity index is 723. The Morgan fingerprint density at radius 2 is 1.56 bits per heavy atom. The van der Waals surface area contributed by atoms with Gasteiger partial charge in [0.15, 0.2) is 6.61 Å². The summed E-state index contributed by atoms with van der Waals surface area (Å²) in [6, 6.07) is 16.5. The largest absolute Gasteiger partial charge is 0.452 e. The van der Waals surface area contributed by atoms with Crippen molar-refractivity contribution in [3.05, 3.63) is 60.2 Å².